The molecule has 2 aliphatic rings. The summed E-state index contributed by atoms with van der Waals surface area (Å²) in [4.78, 5) is 33.9. The molecule has 2 aliphatic heterocycles. The van der Waals surface area contributed by atoms with Crippen molar-refractivity contribution >= 4 is 23.1 Å². The van der Waals surface area contributed by atoms with E-state index in [1.54, 1.807) is 54.9 Å². The first-order valence-corrected chi connectivity index (χ1v) is 11.3. The molecule has 1 aromatic heterocycles. The number of nitrogens with zero attached hydrogens (tertiary/aromatic N) is 3. The van der Waals surface area contributed by atoms with Crippen LogP contribution in [0.3, 0.4) is 0 Å². The number of hydrogen-bond donors (Lipinski definition) is 1. The van der Waals surface area contributed by atoms with Crippen LogP contribution in [0, 0.1) is 5.82 Å². The molecule has 178 valence electrons. The van der Waals surface area contributed by atoms with Crippen molar-refractivity contribution in [2.75, 3.05) is 31.6 Å². The molecular formula is C27H24FN3O4. The van der Waals surface area contributed by atoms with E-state index >= 15 is 0 Å². The summed E-state index contributed by atoms with van der Waals surface area (Å²) in [6.07, 6.45) is 3.61. The van der Waals surface area contributed by atoms with Crippen molar-refractivity contribution in [2.24, 2.45) is 0 Å². The number of likely N-dealkylation sites (tertiary alicyclic amines) is 1. The largest absolute Gasteiger partial charge is 0.507 e. The molecular weight excluding hydrogens is 449 g/mol. The van der Waals surface area contributed by atoms with Gasteiger partial charge in [0.2, 0.25) is 0 Å². The molecule has 1 atom stereocenters. The average Bonchev–Trinajstić information content (AvgIpc) is 3.13. The van der Waals surface area contributed by atoms with E-state index in [1.807, 2.05) is 11.9 Å². The molecule has 1 amide bonds. The fraction of sp³-hybridized carbons (Fsp3) is 0.222. The van der Waals surface area contributed by atoms with Crippen molar-refractivity contribution in [3.63, 3.8) is 0 Å². The number of pyridine rings is 1. The van der Waals surface area contributed by atoms with Gasteiger partial charge in [0.1, 0.15) is 23.9 Å². The molecule has 0 radical (unpaired) electrons. The van der Waals surface area contributed by atoms with E-state index in [2.05, 4.69) is 4.98 Å². The molecule has 0 aliphatic carbocycles. The van der Waals surface area contributed by atoms with Crippen molar-refractivity contribution in [3.8, 4) is 5.75 Å². The molecule has 0 bridgehead atoms. The van der Waals surface area contributed by atoms with Gasteiger partial charge in [0.15, 0.2) is 0 Å². The molecule has 2 aromatic carbocycles. The number of ketones is 1. The maximum Gasteiger partial charge on any atom is 0.295 e. The van der Waals surface area contributed by atoms with Gasteiger partial charge in [0, 0.05) is 31.5 Å². The highest BCUT2D eigenvalue weighted by atomic mass is 19.1. The number of aromatic nitrogens is 1. The maximum atomic E-state index is 13.3. The number of Topliss-reactive ketones (excluding diaryl/α,β-unsaturated/α-hetero) is 1. The van der Waals surface area contributed by atoms with Crippen molar-refractivity contribution in [1.29, 1.82) is 0 Å². The van der Waals surface area contributed by atoms with E-state index in [-0.39, 0.29) is 23.7 Å². The van der Waals surface area contributed by atoms with Crippen LogP contribution in [0.4, 0.5) is 10.1 Å². The van der Waals surface area contributed by atoms with Crippen molar-refractivity contribution in [1.82, 2.24) is 9.88 Å². The summed E-state index contributed by atoms with van der Waals surface area (Å²) in [5.41, 5.74) is 2.68. The summed E-state index contributed by atoms with van der Waals surface area (Å²) >= 11 is 0. The van der Waals surface area contributed by atoms with Crippen molar-refractivity contribution in [2.45, 2.75) is 12.5 Å². The predicted molar refractivity (Wildman–Crippen MR) is 129 cm³/mol. The minimum atomic E-state index is -0.797. The second kappa shape index (κ2) is 9.21. The van der Waals surface area contributed by atoms with Gasteiger partial charge in [-0.25, -0.2) is 4.39 Å². The molecule has 1 saturated heterocycles. The van der Waals surface area contributed by atoms with E-state index < -0.39 is 17.7 Å². The molecule has 1 fully saturated rings. The van der Waals surface area contributed by atoms with Crippen LogP contribution in [0.5, 0.6) is 5.75 Å². The van der Waals surface area contributed by atoms with E-state index in [1.165, 1.54) is 17.0 Å². The van der Waals surface area contributed by atoms with E-state index in [0.717, 1.165) is 11.3 Å². The highest BCUT2D eigenvalue weighted by Gasteiger charge is 2.46. The Bertz CT molecular complexity index is 1310. The quantitative estimate of drug-likeness (QED) is 0.346. The number of fused-ring (bicyclic) bond motifs is 1. The molecule has 7 nitrogen and oxygen atoms in total. The van der Waals surface area contributed by atoms with Gasteiger partial charge in [-0.1, -0.05) is 18.2 Å². The van der Waals surface area contributed by atoms with Gasteiger partial charge < -0.3 is 19.6 Å². The number of hydrogen-bond acceptors (Lipinski definition) is 6. The smallest absolute Gasteiger partial charge is 0.295 e. The number of carbonyl (C=O) groups is 2. The van der Waals surface area contributed by atoms with Crippen LogP contribution >= 0.6 is 0 Å². The van der Waals surface area contributed by atoms with Gasteiger partial charge in [-0.15, -0.1) is 0 Å². The lowest BCUT2D eigenvalue weighted by Gasteiger charge is -2.28. The summed E-state index contributed by atoms with van der Waals surface area (Å²) in [5.74, 6) is -1.34. The van der Waals surface area contributed by atoms with E-state index in [9.17, 15) is 19.1 Å². The number of aliphatic hydroxyl groups is 1. The number of amides is 1. The SMILES string of the molecule is CN1CCOc2ccc(/C(O)=C3/C(=O)C(=O)N(CCc4ccc(F)cc4)C3c3cccnc3)cc21. The second-order valence-electron chi connectivity index (χ2n) is 8.61. The molecule has 3 aromatic rings. The van der Waals surface area contributed by atoms with E-state index in [4.69, 9.17) is 4.74 Å². The predicted octanol–water partition coefficient (Wildman–Crippen LogP) is 3.71. The third kappa shape index (κ3) is 4.23. The van der Waals surface area contributed by atoms with Crippen LogP contribution < -0.4 is 9.64 Å². The number of aliphatic hydroxyl groups excluding tert-OH is 1. The summed E-state index contributed by atoms with van der Waals surface area (Å²) in [6, 6.07) is 13.9. The third-order valence-electron chi connectivity index (χ3n) is 6.42. The third-order valence-corrected chi connectivity index (χ3v) is 6.42. The zero-order valence-electron chi connectivity index (χ0n) is 19.1. The normalized spacial score (nSPS) is 19.0. The minimum Gasteiger partial charge on any atom is -0.507 e. The molecule has 1 N–H and O–H groups in total. The first-order chi connectivity index (χ1) is 16.9. The first-order valence-electron chi connectivity index (χ1n) is 11.3. The molecule has 5 rings (SSSR count). The van der Waals surface area contributed by atoms with Crippen LogP contribution in [-0.2, 0) is 16.0 Å². The van der Waals surface area contributed by atoms with Gasteiger partial charge in [0.05, 0.1) is 23.8 Å². The average molecular weight is 474 g/mol. The molecule has 8 heteroatoms. The van der Waals surface area contributed by atoms with Gasteiger partial charge >= 0.3 is 0 Å². The Labute approximate surface area is 202 Å². The topological polar surface area (TPSA) is 83.0 Å². The van der Waals surface area contributed by atoms with Crippen LogP contribution in [-0.4, -0.2) is 53.4 Å². The molecule has 0 saturated carbocycles. The minimum absolute atomic E-state index is 0.0152. The number of carbonyl (C=O) groups excluding carboxylic acids is 2. The Morgan fingerprint density at radius 3 is 2.71 bits per heavy atom. The Morgan fingerprint density at radius 2 is 1.97 bits per heavy atom. The lowest BCUT2D eigenvalue weighted by Crippen LogP contribution is -2.31. The van der Waals surface area contributed by atoms with E-state index in [0.29, 0.717) is 36.4 Å². The standard InChI is InChI=1S/C27H24FN3O4/c1-30-13-14-35-22-9-6-18(15-21(22)30)25(32)23-24(19-3-2-11-29-16-19)31(27(34)26(23)33)12-10-17-4-7-20(28)8-5-17/h2-9,11,15-16,24,32H,10,12-14H2,1H3/b25-23-. The Morgan fingerprint density at radius 1 is 1.17 bits per heavy atom. The van der Waals surface area contributed by atoms with Gasteiger partial charge in [-0.2, -0.15) is 0 Å². The summed E-state index contributed by atoms with van der Waals surface area (Å²) < 4.78 is 19.0. The van der Waals surface area contributed by atoms with Gasteiger partial charge in [-0.05, 0) is 53.9 Å². The molecule has 1 unspecified atom stereocenters. The molecule has 3 heterocycles. The summed E-state index contributed by atoms with van der Waals surface area (Å²) in [6.45, 7) is 1.48. The summed E-state index contributed by atoms with van der Waals surface area (Å²) in [5, 5.41) is 11.3. The number of halogens is 1. The van der Waals surface area contributed by atoms with Crippen LogP contribution in [0.25, 0.3) is 5.76 Å². The number of rotatable bonds is 5. The van der Waals surface area contributed by atoms with Crippen molar-refractivity contribution in [3.05, 3.63) is 95.1 Å². The van der Waals surface area contributed by atoms with Crippen LogP contribution in [0.1, 0.15) is 22.7 Å². The number of likely N-dealkylation sites (N-methyl/N-ethyl adjacent to an activating group) is 1. The lowest BCUT2D eigenvalue weighted by molar-refractivity contribution is -0.139. The Hall–Kier alpha value is -4.20. The van der Waals surface area contributed by atoms with Crippen molar-refractivity contribution < 1.29 is 23.8 Å². The van der Waals surface area contributed by atoms with Crippen LogP contribution in [0.2, 0.25) is 0 Å². The van der Waals surface area contributed by atoms with Gasteiger partial charge in [-0.3, -0.25) is 14.6 Å². The number of benzene rings is 2. The van der Waals surface area contributed by atoms with Gasteiger partial charge in [0.25, 0.3) is 11.7 Å². The highest BCUT2D eigenvalue weighted by molar-refractivity contribution is 6.46. The second-order valence-corrected chi connectivity index (χ2v) is 8.61. The molecule has 0 spiro atoms. The Kier molecular flexibility index (Phi) is 5.94. The monoisotopic (exact) mass is 473 g/mol. The fourth-order valence-electron chi connectivity index (χ4n) is 4.55. The fourth-order valence-corrected chi connectivity index (χ4v) is 4.55. The Balaban J connectivity index is 1.55. The lowest BCUT2D eigenvalue weighted by atomic mass is 9.95. The zero-order valence-corrected chi connectivity index (χ0v) is 19.1. The molecule has 35 heavy (non-hydrogen) atoms. The number of ether oxygens (including phenoxy) is 1. The highest BCUT2D eigenvalue weighted by Crippen LogP contribution is 2.41. The van der Waals surface area contributed by atoms with Crippen LogP contribution in [0.15, 0.2) is 72.6 Å². The summed E-state index contributed by atoms with van der Waals surface area (Å²) in [7, 11) is 1.93. The zero-order chi connectivity index (χ0) is 24.5. The maximum absolute atomic E-state index is 13.3. The first kappa shape index (κ1) is 22.6. The number of anilines is 1.